The maximum absolute atomic E-state index is 3.55. The van der Waals surface area contributed by atoms with Crippen LogP contribution in [0, 0.1) is 17.8 Å². The minimum absolute atomic E-state index is 0.757. The smallest absolute Gasteiger partial charge is 0.0105 e. The highest BCUT2D eigenvalue weighted by Gasteiger charge is 2.29. The van der Waals surface area contributed by atoms with Gasteiger partial charge in [0.05, 0.1) is 0 Å². The number of rotatable bonds is 5. The molecule has 2 aliphatic rings. The van der Waals surface area contributed by atoms with E-state index in [9.17, 15) is 0 Å². The van der Waals surface area contributed by atoms with E-state index in [2.05, 4.69) is 31.2 Å². The highest BCUT2D eigenvalue weighted by Crippen LogP contribution is 2.30. The zero-order valence-corrected chi connectivity index (χ0v) is 12.6. The summed E-state index contributed by atoms with van der Waals surface area (Å²) in [7, 11) is 4.48. The number of nitrogens with zero attached hydrogens (tertiary/aromatic N) is 1. The van der Waals surface area contributed by atoms with Crippen molar-refractivity contribution >= 4 is 0 Å². The Bertz CT molecular complexity index is 235. The zero-order valence-electron chi connectivity index (χ0n) is 12.6. The summed E-state index contributed by atoms with van der Waals surface area (Å²) < 4.78 is 0. The first-order valence-corrected chi connectivity index (χ1v) is 8.05. The summed E-state index contributed by atoms with van der Waals surface area (Å²) >= 11 is 0. The summed E-state index contributed by atoms with van der Waals surface area (Å²) in [5, 5.41) is 3.55. The van der Waals surface area contributed by atoms with E-state index in [4.69, 9.17) is 0 Å². The van der Waals surface area contributed by atoms with Crippen LogP contribution in [-0.4, -0.2) is 38.1 Å². The lowest BCUT2D eigenvalue weighted by atomic mass is 9.78. The lowest BCUT2D eigenvalue weighted by Crippen LogP contribution is -2.44. The van der Waals surface area contributed by atoms with Gasteiger partial charge in [0.15, 0.2) is 0 Å². The average molecular weight is 252 g/mol. The van der Waals surface area contributed by atoms with Crippen molar-refractivity contribution in [2.45, 2.75) is 57.9 Å². The molecule has 3 atom stereocenters. The van der Waals surface area contributed by atoms with E-state index in [0.717, 1.165) is 23.8 Å². The topological polar surface area (TPSA) is 15.3 Å². The Morgan fingerprint density at radius 3 is 2.44 bits per heavy atom. The molecule has 2 saturated carbocycles. The van der Waals surface area contributed by atoms with Crippen LogP contribution in [0.4, 0.5) is 0 Å². The zero-order chi connectivity index (χ0) is 13.0. The molecule has 3 unspecified atom stereocenters. The lowest BCUT2D eigenvalue weighted by Gasteiger charge is -2.37. The normalized spacial score (nSPS) is 34.3. The quantitative estimate of drug-likeness (QED) is 0.809. The standard InChI is InChI=1S/C16H32N2/c1-13-8-9-16(17-2)15(10-13)12-18(3)11-14-6-4-5-7-14/h13-17H,4-12H2,1-3H3. The molecule has 0 heterocycles. The van der Waals surface area contributed by atoms with Gasteiger partial charge in [0.1, 0.15) is 0 Å². The molecule has 18 heavy (non-hydrogen) atoms. The number of hydrogen-bond acceptors (Lipinski definition) is 2. The molecular weight excluding hydrogens is 220 g/mol. The van der Waals surface area contributed by atoms with Crippen LogP contribution in [0.15, 0.2) is 0 Å². The Labute approximate surface area is 114 Å². The molecule has 0 aromatic heterocycles. The van der Waals surface area contributed by atoms with E-state index < -0.39 is 0 Å². The van der Waals surface area contributed by atoms with Crippen molar-refractivity contribution in [3.8, 4) is 0 Å². The Hall–Kier alpha value is -0.0800. The second-order valence-corrected chi connectivity index (χ2v) is 6.95. The fourth-order valence-electron chi connectivity index (χ4n) is 4.19. The van der Waals surface area contributed by atoms with Crippen LogP contribution < -0.4 is 5.32 Å². The van der Waals surface area contributed by atoms with Crippen molar-refractivity contribution in [1.29, 1.82) is 0 Å². The fraction of sp³-hybridized carbons (Fsp3) is 1.00. The molecule has 2 nitrogen and oxygen atoms in total. The minimum Gasteiger partial charge on any atom is -0.317 e. The molecule has 0 amide bonds. The molecule has 2 rings (SSSR count). The first-order chi connectivity index (χ1) is 8.69. The molecule has 0 saturated heterocycles. The van der Waals surface area contributed by atoms with Crippen molar-refractivity contribution in [2.75, 3.05) is 27.2 Å². The Morgan fingerprint density at radius 1 is 1.06 bits per heavy atom. The second kappa shape index (κ2) is 6.91. The highest BCUT2D eigenvalue weighted by molar-refractivity contribution is 4.84. The van der Waals surface area contributed by atoms with Gasteiger partial charge in [0.25, 0.3) is 0 Å². The van der Waals surface area contributed by atoms with Gasteiger partial charge in [-0.2, -0.15) is 0 Å². The van der Waals surface area contributed by atoms with Crippen LogP contribution in [0.5, 0.6) is 0 Å². The van der Waals surface area contributed by atoms with Crippen LogP contribution in [0.25, 0.3) is 0 Å². The SMILES string of the molecule is CNC1CCC(C)CC1CN(C)CC1CCCC1. The predicted molar refractivity (Wildman–Crippen MR) is 78.8 cm³/mol. The molecule has 106 valence electrons. The maximum atomic E-state index is 3.55. The first-order valence-electron chi connectivity index (χ1n) is 8.05. The molecule has 1 N–H and O–H groups in total. The summed E-state index contributed by atoms with van der Waals surface area (Å²) in [5.41, 5.74) is 0. The number of hydrogen-bond donors (Lipinski definition) is 1. The fourth-order valence-corrected chi connectivity index (χ4v) is 4.19. The summed E-state index contributed by atoms with van der Waals surface area (Å²) in [4.78, 5) is 2.61. The van der Waals surface area contributed by atoms with Gasteiger partial charge in [-0.15, -0.1) is 0 Å². The van der Waals surface area contributed by atoms with Gasteiger partial charge >= 0.3 is 0 Å². The third kappa shape index (κ3) is 3.96. The lowest BCUT2D eigenvalue weighted by molar-refractivity contribution is 0.154. The van der Waals surface area contributed by atoms with Gasteiger partial charge in [0, 0.05) is 19.1 Å². The molecule has 0 aliphatic heterocycles. The summed E-state index contributed by atoms with van der Waals surface area (Å²) in [6, 6.07) is 0.757. The van der Waals surface area contributed by atoms with Crippen molar-refractivity contribution in [1.82, 2.24) is 10.2 Å². The molecule has 0 aromatic rings. The highest BCUT2D eigenvalue weighted by atomic mass is 15.1. The minimum atomic E-state index is 0.757. The molecule has 0 radical (unpaired) electrons. The number of nitrogens with one attached hydrogen (secondary N) is 1. The summed E-state index contributed by atoms with van der Waals surface area (Å²) in [5.74, 6) is 2.79. The van der Waals surface area contributed by atoms with Crippen LogP contribution in [0.1, 0.15) is 51.9 Å². The monoisotopic (exact) mass is 252 g/mol. The summed E-state index contributed by atoms with van der Waals surface area (Å²) in [6.07, 6.45) is 10.1. The van der Waals surface area contributed by atoms with Gasteiger partial charge < -0.3 is 10.2 Å². The third-order valence-electron chi connectivity index (χ3n) is 5.21. The molecule has 2 aliphatic carbocycles. The van der Waals surface area contributed by atoms with Gasteiger partial charge in [-0.05, 0) is 64.0 Å². The van der Waals surface area contributed by atoms with Crippen molar-refractivity contribution in [3.63, 3.8) is 0 Å². The van der Waals surface area contributed by atoms with Crippen molar-refractivity contribution in [2.24, 2.45) is 17.8 Å². The van der Waals surface area contributed by atoms with Gasteiger partial charge in [-0.3, -0.25) is 0 Å². The molecule has 0 aromatic carbocycles. The van der Waals surface area contributed by atoms with Crippen LogP contribution in [0.3, 0.4) is 0 Å². The van der Waals surface area contributed by atoms with Gasteiger partial charge in [0.2, 0.25) is 0 Å². The van der Waals surface area contributed by atoms with Gasteiger partial charge in [-0.25, -0.2) is 0 Å². The molecule has 0 bridgehead atoms. The van der Waals surface area contributed by atoms with E-state index in [1.807, 2.05) is 0 Å². The Kier molecular flexibility index (Phi) is 5.50. The van der Waals surface area contributed by atoms with Crippen LogP contribution in [-0.2, 0) is 0 Å². The maximum Gasteiger partial charge on any atom is 0.0105 e. The van der Waals surface area contributed by atoms with Crippen LogP contribution >= 0.6 is 0 Å². The van der Waals surface area contributed by atoms with Crippen molar-refractivity contribution in [3.05, 3.63) is 0 Å². The molecule has 2 fully saturated rings. The first kappa shape index (κ1) is 14.3. The van der Waals surface area contributed by atoms with E-state index in [-0.39, 0.29) is 0 Å². The van der Waals surface area contributed by atoms with E-state index in [0.29, 0.717) is 0 Å². The van der Waals surface area contributed by atoms with Crippen LogP contribution in [0.2, 0.25) is 0 Å². The van der Waals surface area contributed by atoms with E-state index in [1.54, 1.807) is 0 Å². The average Bonchev–Trinajstić information content (AvgIpc) is 2.82. The molecule has 2 heteroatoms. The second-order valence-electron chi connectivity index (χ2n) is 6.95. The summed E-state index contributed by atoms with van der Waals surface area (Å²) in [6.45, 7) is 5.06. The molecule has 0 spiro atoms. The van der Waals surface area contributed by atoms with Crippen molar-refractivity contribution < 1.29 is 0 Å². The Morgan fingerprint density at radius 2 is 1.78 bits per heavy atom. The largest absolute Gasteiger partial charge is 0.317 e. The van der Waals surface area contributed by atoms with E-state index >= 15 is 0 Å². The van der Waals surface area contributed by atoms with Gasteiger partial charge in [-0.1, -0.05) is 19.8 Å². The third-order valence-corrected chi connectivity index (χ3v) is 5.21. The van der Waals surface area contributed by atoms with E-state index in [1.165, 1.54) is 58.0 Å². The predicted octanol–water partition coefficient (Wildman–Crippen LogP) is 3.13. The Balaban J connectivity index is 1.78. The molecular formula is C16H32N2.